The lowest BCUT2D eigenvalue weighted by molar-refractivity contribution is -0.114. The van der Waals surface area contributed by atoms with Gasteiger partial charge >= 0.3 is 0 Å². The molecule has 132 valence electrons. The molecule has 0 radical (unpaired) electrons. The predicted molar refractivity (Wildman–Crippen MR) is 99.0 cm³/mol. The molecule has 0 bridgehead atoms. The molecule has 1 saturated carbocycles. The second-order valence-corrected chi connectivity index (χ2v) is 6.39. The van der Waals surface area contributed by atoms with Crippen LogP contribution in [-0.2, 0) is 4.79 Å². The lowest BCUT2D eigenvalue weighted by Gasteiger charge is -2.16. The second kappa shape index (κ2) is 8.41. The molecule has 0 spiro atoms. The Morgan fingerprint density at radius 2 is 1.88 bits per heavy atom. The maximum atomic E-state index is 11.2. The average molecular weight is 340 g/mol. The van der Waals surface area contributed by atoms with Crippen LogP contribution in [0, 0.1) is 0 Å². The number of nitrogens with zero attached hydrogens (tertiary/aromatic N) is 3. The Morgan fingerprint density at radius 1 is 1.12 bits per heavy atom. The number of rotatable bonds is 5. The molecule has 1 aliphatic rings. The number of hydrogen-bond acceptors (Lipinski definition) is 6. The quantitative estimate of drug-likeness (QED) is 0.719. The van der Waals surface area contributed by atoms with Crippen LogP contribution in [0.5, 0.6) is 0 Å². The molecular formula is C18H24N6O. The van der Waals surface area contributed by atoms with E-state index < -0.39 is 0 Å². The van der Waals surface area contributed by atoms with Gasteiger partial charge in [-0.15, -0.1) is 5.10 Å². The number of benzene rings is 1. The molecule has 25 heavy (non-hydrogen) atoms. The van der Waals surface area contributed by atoms with Gasteiger partial charge in [0.25, 0.3) is 0 Å². The van der Waals surface area contributed by atoms with Crippen molar-refractivity contribution >= 4 is 29.0 Å². The number of amides is 1. The van der Waals surface area contributed by atoms with E-state index >= 15 is 0 Å². The van der Waals surface area contributed by atoms with Gasteiger partial charge in [-0.05, 0) is 31.0 Å². The van der Waals surface area contributed by atoms with Gasteiger partial charge in [0.15, 0.2) is 5.82 Å². The summed E-state index contributed by atoms with van der Waals surface area (Å²) in [6.45, 7) is 1.49. The van der Waals surface area contributed by atoms with Crippen LogP contribution < -0.4 is 16.0 Å². The normalized spacial score (nSPS) is 15.2. The maximum absolute atomic E-state index is 11.2. The van der Waals surface area contributed by atoms with Gasteiger partial charge in [-0.2, -0.15) is 10.1 Å². The number of anilines is 4. The molecule has 1 aromatic heterocycles. The van der Waals surface area contributed by atoms with Crippen LogP contribution >= 0.6 is 0 Å². The number of nitrogens with one attached hydrogen (secondary N) is 3. The van der Waals surface area contributed by atoms with Gasteiger partial charge in [-0.25, -0.2) is 0 Å². The summed E-state index contributed by atoms with van der Waals surface area (Å²) in [6, 6.07) is 7.88. The Labute approximate surface area is 147 Å². The Balaban J connectivity index is 1.66. The zero-order valence-electron chi connectivity index (χ0n) is 14.5. The molecule has 3 rings (SSSR count). The molecule has 3 N–H and O–H groups in total. The number of aromatic nitrogens is 3. The van der Waals surface area contributed by atoms with Crippen molar-refractivity contribution in [2.75, 3.05) is 16.0 Å². The zero-order valence-corrected chi connectivity index (χ0v) is 14.5. The van der Waals surface area contributed by atoms with Crippen LogP contribution in [0.25, 0.3) is 0 Å². The Hall–Kier alpha value is -2.70. The van der Waals surface area contributed by atoms with Crippen LogP contribution in [0.15, 0.2) is 30.5 Å². The van der Waals surface area contributed by atoms with Crippen molar-refractivity contribution in [3.8, 4) is 0 Å². The van der Waals surface area contributed by atoms with Crippen molar-refractivity contribution in [1.82, 2.24) is 15.2 Å². The minimum atomic E-state index is -0.101. The SMILES string of the molecule is CC(=O)Nc1cccc(Nc2cnnc(NC3CCCCCC3)n2)c1. The predicted octanol–water partition coefficient (Wildman–Crippen LogP) is 3.71. The molecule has 7 heteroatoms. The van der Waals surface area contributed by atoms with E-state index in [2.05, 4.69) is 31.1 Å². The van der Waals surface area contributed by atoms with Crippen molar-refractivity contribution in [2.45, 2.75) is 51.5 Å². The van der Waals surface area contributed by atoms with E-state index in [9.17, 15) is 4.79 Å². The summed E-state index contributed by atoms with van der Waals surface area (Å²) in [5.41, 5.74) is 1.56. The fourth-order valence-electron chi connectivity index (χ4n) is 3.06. The van der Waals surface area contributed by atoms with Gasteiger partial charge in [0.1, 0.15) is 0 Å². The van der Waals surface area contributed by atoms with Crippen molar-refractivity contribution in [1.29, 1.82) is 0 Å². The number of hydrogen-bond donors (Lipinski definition) is 3. The molecule has 1 amide bonds. The summed E-state index contributed by atoms with van der Waals surface area (Å²) in [4.78, 5) is 15.7. The van der Waals surface area contributed by atoms with E-state index in [1.165, 1.54) is 32.6 Å². The molecule has 2 aromatic rings. The van der Waals surface area contributed by atoms with Crippen LogP contribution in [0.4, 0.5) is 23.1 Å². The fourth-order valence-corrected chi connectivity index (χ4v) is 3.06. The molecule has 0 saturated heterocycles. The fraction of sp³-hybridized carbons (Fsp3) is 0.444. The van der Waals surface area contributed by atoms with Crippen LogP contribution in [0.3, 0.4) is 0 Å². The molecule has 1 aromatic carbocycles. The van der Waals surface area contributed by atoms with Crippen LogP contribution in [0.2, 0.25) is 0 Å². The van der Waals surface area contributed by atoms with E-state index in [0.29, 0.717) is 17.8 Å². The van der Waals surface area contributed by atoms with Crippen molar-refractivity contribution < 1.29 is 4.79 Å². The molecule has 0 atom stereocenters. The van der Waals surface area contributed by atoms with Gasteiger partial charge in [0, 0.05) is 24.3 Å². The monoisotopic (exact) mass is 340 g/mol. The molecule has 1 fully saturated rings. The highest BCUT2D eigenvalue weighted by Gasteiger charge is 2.13. The first-order valence-electron chi connectivity index (χ1n) is 8.80. The van der Waals surface area contributed by atoms with E-state index in [1.54, 1.807) is 6.20 Å². The lowest BCUT2D eigenvalue weighted by atomic mass is 10.1. The molecule has 1 aliphatic carbocycles. The van der Waals surface area contributed by atoms with Crippen molar-refractivity contribution in [3.05, 3.63) is 30.5 Å². The van der Waals surface area contributed by atoms with Gasteiger partial charge in [-0.1, -0.05) is 31.7 Å². The molecular weight excluding hydrogens is 316 g/mol. The Bertz CT molecular complexity index is 712. The van der Waals surface area contributed by atoms with E-state index in [-0.39, 0.29) is 5.91 Å². The zero-order chi connectivity index (χ0) is 17.5. The number of carbonyl (C=O) groups excluding carboxylic acids is 1. The third kappa shape index (κ3) is 5.41. The topological polar surface area (TPSA) is 91.8 Å². The highest BCUT2D eigenvalue weighted by atomic mass is 16.1. The van der Waals surface area contributed by atoms with E-state index in [4.69, 9.17) is 0 Å². The van der Waals surface area contributed by atoms with E-state index in [0.717, 1.165) is 24.2 Å². The van der Waals surface area contributed by atoms with Gasteiger partial charge < -0.3 is 16.0 Å². The summed E-state index contributed by atoms with van der Waals surface area (Å²) in [6.07, 6.45) is 9.01. The molecule has 0 aliphatic heterocycles. The first-order valence-corrected chi connectivity index (χ1v) is 8.80. The lowest BCUT2D eigenvalue weighted by Crippen LogP contribution is -2.20. The standard InChI is InChI=1S/C18H24N6O/c1-13(25)20-15-9-6-10-16(11-15)21-17-12-19-24-18(23-17)22-14-7-4-2-3-5-8-14/h6,9-12,14H,2-5,7-8H2,1H3,(H,20,25)(H2,21,22,23,24). The Kier molecular flexibility index (Phi) is 5.77. The minimum Gasteiger partial charge on any atom is -0.350 e. The first kappa shape index (κ1) is 17.1. The first-order chi connectivity index (χ1) is 12.2. The van der Waals surface area contributed by atoms with E-state index in [1.807, 2.05) is 24.3 Å². The molecule has 7 nitrogen and oxygen atoms in total. The van der Waals surface area contributed by atoms with Crippen molar-refractivity contribution in [3.63, 3.8) is 0 Å². The Morgan fingerprint density at radius 3 is 2.64 bits per heavy atom. The molecule has 1 heterocycles. The summed E-state index contributed by atoms with van der Waals surface area (Å²) >= 11 is 0. The molecule has 0 unspecified atom stereocenters. The van der Waals surface area contributed by atoms with Gasteiger partial charge in [0.05, 0.1) is 6.20 Å². The van der Waals surface area contributed by atoms with Gasteiger partial charge in [-0.3, -0.25) is 4.79 Å². The van der Waals surface area contributed by atoms with Crippen LogP contribution in [0.1, 0.15) is 45.4 Å². The maximum Gasteiger partial charge on any atom is 0.244 e. The highest BCUT2D eigenvalue weighted by molar-refractivity contribution is 5.89. The highest BCUT2D eigenvalue weighted by Crippen LogP contribution is 2.21. The number of carbonyl (C=O) groups is 1. The average Bonchev–Trinajstić information content (AvgIpc) is 2.83. The second-order valence-electron chi connectivity index (χ2n) is 6.39. The van der Waals surface area contributed by atoms with Gasteiger partial charge in [0.2, 0.25) is 11.9 Å². The van der Waals surface area contributed by atoms with Crippen LogP contribution in [-0.4, -0.2) is 27.1 Å². The summed E-state index contributed by atoms with van der Waals surface area (Å²) in [7, 11) is 0. The summed E-state index contributed by atoms with van der Waals surface area (Å²) in [5.74, 6) is 1.07. The third-order valence-electron chi connectivity index (χ3n) is 4.20. The minimum absolute atomic E-state index is 0.101. The summed E-state index contributed by atoms with van der Waals surface area (Å²) in [5, 5.41) is 17.5. The largest absolute Gasteiger partial charge is 0.350 e. The summed E-state index contributed by atoms with van der Waals surface area (Å²) < 4.78 is 0. The van der Waals surface area contributed by atoms with Crippen molar-refractivity contribution in [2.24, 2.45) is 0 Å². The smallest absolute Gasteiger partial charge is 0.244 e. The third-order valence-corrected chi connectivity index (χ3v) is 4.20.